The molecule has 1 aliphatic heterocycles. The Labute approximate surface area is 231 Å². The molecule has 4 aliphatic rings. The number of hydrogen-bond donors (Lipinski definition) is 2. The zero-order valence-corrected chi connectivity index (χ0v) is 23.3. The number of aromatic nitrogens is 5. The van der Waals surface area contributed by atoms with Gasteiger partial charge in [0.05, 0.1) is 11.5 Å². The van der Waals surface area contributed by atoms with Crippen molar-refractivity contribution in [2.45, 2.75) is 120 Å². The number of hydrazine groups is 1. The number of aromatic amines is 2. The molecule has 0 aromatic carbocycles. The Balaban J connectivity index is 1.58. The third-order valence-corrected chi connectivity index (χ3v) is 10.1. The van der Waals surface area contributed by atoms with Crippen LogP contribution in [0.5, 0.6) is 0 Å². The molecule has 8 heteroatoms. The Morgan fingerprint density at radius 2 is 1.74 bits per heavy atom. The summed E-state index contributed by atoms with van der Waals surface area (Å²) in [6, 6.07) is 5.31. The first kappa shape index (κ1) is 25.1. The molecule has 0 saturated heterocycles. The summed E-state index contributed by atoms with van der Waals surface area (Å²) < 4.78 is 5.66. The molecule has 8 nitrogen and oxygen atoms in total. The van der Waals surface area contributed by atoms with E-state index in [0.29, 0.717) is 18.0 Å². The van der Waals surface area contributed by atoms with E-state index in [0.717, 1.165) is 30.1 Å². The van der Waals surface area contributed by atoms with Gasteiger partial charge in [0.15, 0.2) is 0 Å². The van der Waals surface area contributed by atoms with Crippen LogP contribution in [-0.2, 0) is 5.54 Å². The number of hydrogen-bond acceptors (Lipinski definition) is 6. The number of nitrogens with one attached hydrogen (secondary N) is 2. The first-order valence-corrected chi connectivity index (χ1v) is 15.5. The van der Waals surface area contributed by atoms with E-state index in [9.17, 15) is 0 Å². The van der Waals surface area contributed by atoms with Crippen molar-refractivity contribution in [2.75, 3.05) is 0 Å². The predicted molar refractivity (Wildman–Crippen MR) is 150 cm³/mol. The summed E-state index contributed by atoms with van der Waals surface area (Å²) >= 11 is 0. The number of allylic oxidation sites excluding steroid dienone is 1. The predicted octanol–water partition coefficient (Wildman–Crippen LogP) is 6.92. The van der Waals surface area contributed by atoms with Crippen molar-refractivity contribution >= 4 is 5.57 Å². The van der Waals surface area contributed by atoms with Crippen molar-refractivity contribution in [3.63, 3.8) is 0 Å². The van der Waals surface area contributed by atoms with Gasteiger partial charge >= 0.3 is 0 Å². The molecule has 7 rings (SSSR count). The highest BCUT2D eigenvalue weighted by Gasteiger charge is 2.60. The topological polar surface area (TPSA) is 89.9 Å². The highest BCUT2D eigenvalue weighted by atomic mass is 16.5. The number of H-pyrrole nitrogens is 2. The van der Waals surface area contributed by atoms with Crippen LogP contribution < -0.4 is 0 Å². The molecule has 3 aromatic rings. The van der Waals surface area contributed by atoms with Crippen LogP contribution in [0.1, 0.15) is 120 Å². The second-order valence-corrected chi connectivity index (χ2v) is 12.3. The lowest BCUT2D eigenvalue weighted by Crippen LogP contribution is -2.68. The Morgan fingerprint density at radius 1 is 0.949 bits per heavy atom. The monoisotopic (exact) mass is 529 g/mol. The molecule has 3 aliphatic carbocycles. The average molecular weight is 530 g/mol. The van der Waals surface area contributed by atoms with Crippen LogP contribution in [0.2, 0.25) is 0 Å². The molecule has 0 bridgehead atoms. The van der Waals surface area contributed by atoms with Crippen LogP contribution in [0, 0.1) is 5.92 Å². The van der Waals surface area contributed by atoms with E-state index in [4.69, 9.17) is 14.7 Å². The van der Waals surface area contributed by atoms with E-state index in [1.54, 1.807) is 6.26 Å². The van der Waals surface area contributed by atoms with E-state index in [-0.39, 0.29) is 5.92 Å². The molecule has 0 amide bonds. The number of rotatable bonds is 8. The Morgan fingerprint density at radius 3 is 2.36 bits per heavy atom. The zero-order valence-electron chi connectivity index (χ0n) is 23.3. The standard InChI is InChI=1S/C31H43N7O/c1-2-17-31(26-16-21-39-36-26)28(25-15-18-34-35-25)27(30-32-19-20-33-30)29(22-9-6-7-10-22)37(23-11-4-3-5-12-23)38(31)24-13-8-14-24/h15-16,18-24,28H,2-14,17H2,1H3,(H,32,33)(H,34,35). The molecule has 3 fully saturated rings. The van der Waals surface area contributed by atoms with Crippen molar-refractivity contribution in [2.24, 2.45) is 5.92 Å². The molecule has 3 aromatic heterocycles. The first-order valence-electron chi connectivity index (χ1n) is 15.5. The van der Waals surface area contributed by atoms with Gasteiger partial charge in [0.1, 0.15) is 17.8 Å². The highest BCUT2D eigenvalue weighted by molar-refractivity contribution is 5.73. The maximum Gasteiger partial charge on any atom is 0.135 e. The van der Waals surface area contributed by atoms with Gasteiger partial charge in [-0.25, -0.2) is 9.99 Å². The number of nitrogens with zero attached hydrogens (tertiary/aromatic N) is 5. The molecule has 0 radical (unpaired) electrons. The molecule has 208 valence electrons. The highest BCUT2D eigenvalue weighted by Crippen LogP contribution is 2.60. The minimum atomic E-state index is -0.402. The first-order chi connectivity index (χ1) is 19.3. The van der Waals surface area contributed by atoms with Gasteiger partial charge in [0.2, 0.25) is 0 Å². The molecule has 2 N–H and O–H groups in total. The minimum Gasteiger partial charge on any atom is -0.364 e. The summed E-state index contributed by atoms with van der Waals surface area (Å²) in [6.07, 6.45) is 24.9. The van der Waals surface area contributed by atoms with Crippen LogP contribution in [0.3, 0.4) is 0 Å². The van der Waals surface area contributed by atoms with Gasteiger partial charge in [-0.1, -0.05) is 57.0 Å². The third-order valence-electron chi connectivity index (χ3n) is 10.1. The molecule has 0 spiro atoms. The second-order valence-electron chi connectivity index (χ2n) is 12.3. The molecular weight excluding hydrogens is 486 g/mol. The normalized spacial score (nSPS) is 27.9. The fraction of sp³-hybridized carbons (Fsp3) is 0.645. The molecular formula is C31H43N7O. The van der Waals surface area contributed by atoms with Crippen molar-refractivity contribution in [3.05, 3.63) is 59.9 Å². The third kappa shape index (κ3) is 4.09. The van der Waals surface area contributed by atoms with E-state index >= 15 is 0 Å². The van der Waals surface area contributed by atoms with Crippen LogP contribution in [0.15, 0.2) is 47.2 Å². The Hall–Kier alpha value is -2.87. The molecule has 2 atom stereocenters. The Kier molecular flexibility index (Phi) is 6.83. The van der Waals surface area contributed by atoms with Gasteiger partial charge in [-0.3, -0.25) is 5.10 Å². The van der Waals surface area contributed by atoms with Gasteiger partial charge in [0.25, 0.3) is 0 Å². The van der Waals surface area contributed by atoms with E-state index < -0.39 is 5.54 Å². The van der Waals surface area contributed by atoms with Crippen molar-refractivity contribution < 1.29 is 4.52 Å². The Bertz CT molecular complexity index is 1220. The summed E-state index contributed by atoms with van der Waals surface area (Å²) in [7, 11) is 0. The largest absolute Gasteiger partial charge is 0.364 e. The van der Waals surface area contributed by atoms with Gasteiger partial charge in [0, 0.05) is 59.6 Å². The second kappa shape index (κ2) is 10.6. The summed E-state index contributed by atoms with van der Waals surface area (Å²) in [5.74, 6) is 1.54. The fourth-order valence-corrected chi connectivity index (χ4v) is 8.37. The number of imidazole rings is 1. The zero-order chi connectivity index (χ0) is 26.2. The van der Waals surface area contributed by atoms with E-state index in [1.807, 2.05) is 18.6 Å². The van der Waals surface area contributed by atoms with E-state index in [2.05, 4.69) is 44.3 Å². The summed E-state index contributed by atoms with van der Waals surface area (Å²) in [5, 5.41) is 18.5. The van der Waals surface area contributed by atoms with Crippen LogP contribution in [-0.4, -0.2) is 47.4 Å². The van der Waals surface area contributed by atoms with Gasteiger partial charge in [-0.05, 0) is 51.0 Å². The van der Waals surface area contributed by atoms with Gasteiger partial charge in [-0.15, -0.1) is 0 Å². The van der Waals surface area contributed by atoms with Gasteiger partial charge < -0.3 is 14.5 Å². The average Bonchev–Trinajstić information content (AvgIpc) is 3.77. The van der Waals surface area contributed by atoms with Crippen LogP contribution in [0.4, 0.5) is 0 Å². The summed E-state index contributed by atoms with van der Waals surface area (Å²) in [4.78, 5) is 8.56. The molecule has 3 saturated carbocycles. The maximum atomic E-state index is 5.66. The minimum absolute atomic E-state index is 0.00670. The molecule has 2 unspecified atom stereocenters. The van der Waals surface area contributed by atoms with Crippen LogP contribution >= 0.6 is 0 Å². The summed E-state index contributed by atoms with van der Waals surface area (Å²) in [5.41, 5.74) is 4.64. The lowest BCUT2D eigenvalue weighted by atomic mass is 9.66. The smallest absolute Gasteiger partial charge is 0.135 e. The molecule has 4 heterocycles. The maximum absolute atomic E-state index is 5.66. The fourth-order valence-electron chi connectivity index (χ4n) is 8.37. The van der Waals surface area contributed by atoms with Crippen molar-refractivity contribution in [3.8, 4) is 0 Å². The summed E-state index contributed by atoms with van der Waals surface area (Å²) in [6.45, 7) is 2.32. The van der Waals surface area contributed by atoms with Gasteiger partial charge in [-0.2, -0.15) is 5.10 Å². The SMILES string of the molecule is CCCC1(c2ccon2)C(c2ccn[nH]2)C(c2ncc[nH]2)=C(C2CCCC2)N(C2CCCCC2)N1C1CCC1. The van der Waals surface area contributed by atoms with E-state index in [1.165, 1.54) is 88.3 Å². The lowest BCUT2D eigenvalue weighted by molar-refractivity contribution is -0.190. The van der Waals surface area contributed by atoms with Crippen LogP contribution in [0.25, 0.3) is 5.57 Å². The quantitative estimate of drug-likeness (QED) is 0.329. The lowest BCUT2D eigenvalue weighted by Gasteiger charge is -2.64. The van der Waals surface area contributed by atoms with Crippen molar-refractivity contribution in [1.82, 2.24) is 35.3 Å². The molecule has 39 heavy (non-hydrogen) atoms. The van der Waals surface area contributed by atoms with Crippen molar-refractivity contribution in [1.29, 1.82) is 0 Å².